The maximum Gasteiger partial charge on any atom is 0.285 e. The van der Waals surface area contributed by atoms with Crippen molar-refractivity contribution in [1.82, 2.24) is 4.90 Å². The molecular weight excluding hydrogens is 370 g/mol. The molecular formula is C19H22ClN3O2S. The third-order valence-corrected chi connectivity index (χ3v) is 5.90. The number of rotatable bonds is 5. The lowest BCUT2D eigenvalue weighted by Crippen LogP contribution is -2.14. The topological polar surface area (TPSA) is 62.1 Å². The van der Waals surface area contributed by atoms with Gasteiger partial charge in [0.25, 0.3) is 5.91 Å². The van der Waals surface area contributed by atoms with Crippen molar-refractivity contribution in [2.45, 2.75) is 18.7 Å². The predicted molar refractivity (Wildman–Crippen MR) is 108 cm³/mol. The van der Waals surface area contributed by atoms with E-state index in [9.17, 15) is 9.00 Å². The molecule has 1 atom stereocenters. The Kier molecular flexibility index (Phi) is 6.56. The van der Waals surface area contributed by atoms with Gasteiger partial charge in [0.1, 0.15) is 0 Å². The van der Waals surface area contributed by atoms with E-state index in [0.29, 0.717) is 21.2 Å². The lowest BCUT2D eigenvalue weighted by atomic mass is 10.2. The van der Waals surface area contributed by atoms with Gasteiger partial charge >= 0.3 is 0 Å². The molecule has 0 aliphatic rings. The Labute approximate surface area is 159 Å². The van der Waals surface area contributed by atoms with Crippen LogP contribution in [0.25, 0.3) is 0 Å². The van der Waals surface area contributed by atoms with E-state index in [1.54, 1.807) is 55.7 Å². The van der Waals surface area contributed by atoms with Crippen LogP contribution in [0.1, 0.15) is 22.8 Å². The second-order valence-corrected chi connectivity index (χ2v) is 8.59. The van der Waals surface area contributed by atoms with Gasteiger partial charge in [-0.1, -0.05) is 29.8 Å². The molecule has 0 aliphatic heterocycles. The summed E-state index contributed by atoms with van der Waals surface area (Å²) in [6.07, 6.45) is 3.13. The zero-order valence-electron chi connectivity index (χ0n) is 15.3. The molecule has 26 heavy (non-hydrogen) atoms. The third-order valence-electron chi connectivity index (χ3n) is 3.82. The number of hydrogen-bond acceptors (Lipinski definition) is 3. The number of halogens is 1. The normalized spacial score (nSPS) is 13.4. The van der Waals surface area contributed by atoms with Crippen LogP contribution in [0.3, 0.4) is 0 Å². The summed E-state index contributed by atoms with van der Waals surface area (Å²) < 4.78 is 17.0. The van der Waals surface area contributed by atoms with E-state index in [4.69, 9.17) is 11.6 Å². The van der Waals surface area contributed by atoms with Crippen molar-refractivity contribution in [1.29, 1.82) is 0 Å². The molecule has 0 fully saturated rings. The summed E-state index contributed by atoms with van der Waals surface area (Å²) in [6.45, 7) is 4.64. The zero-order valence-corrected chi connectivity index (χ0v) is 16.8. The minimum Gasteiger partial charge on any atom is -0.366 e. The van der Waals surface area contributed by atoms with Gasteiger partial charge in [-0.25, -0.2) is 9.20 Å². The fourth-order valence-electron chi connectivity index (χ4n) is 2.24. The Morgan fingerprint density at radius 3 is 2.54 bits per heavy atom. The minimum atomic E-state index is -2.93. The standard InChI is InChI=1S/C19H22ClN3O2S/c1-5-23(3)13-21-17-11-14(2)18(12-16(17)20)26(4,25)22-19(24)15-9-7-6-8-10-15/h6-13H,5H2,1-4H3/b21-13+. The molecule has 0 bridgehead atoms. The molecule has 0 radical (unpaired) electrons. The van der Waals surface area contributed by atoms with Gasteiger partial charge in [-0.2, -0.15) is 4.36 Å². The average Bonchev–Trinajstić information content (AvgIpc) is 2.61. The van der Waals surface area contributed by atoms with Crippen LogP contribution in [0, 0.1) is 6.92 Å². The highest BCUT2D eigenvalue weighted by Gasteiger charge is 2.16. The Hall–Kier alpha value is -2.18. The fourth-order valence-corrected chi connectivity index (χ4v) is 4.03. The van der Waals surface area contributed by atoms with Crippen molar-refractivity contribution in [3.8, 4) is 0 Å². The highest BCUT2D eigenvalue weighted by Crippen LogP contribution is 2.31. The smallest absolute Gasteiger partial charge is 0.285 e. The van der Waals surface area contributed by atoms with E-state index in [1.807, 2.05) is 18.9 Å². The molecule has 0 saturated carbocycles. The van der Waals surface area contributed by atoms with E-state index in [-0.39, 0.29) is 0 Å². The second-order valence-electron chi connectivity index (χ2n) is 5.95. The Morgan fingerprint density at radius 1 is 1.27 bits per heavy atom. The van der Waals surface area contributed by atoms with Crippen LogP contribution in [0.15, 0.2) is 56.7 Å². The molecule has 1 amide bonds. The van der Waals surface area contributed by atoms with Crippen molar-refractivity contribution in [2.24, 2.45) is 9.36 Å². The van der Waals surface area contributed by atoms with Gasteiger partial charge in [0.2, 0.25) is 0 Å². The second kappa shape index (κ2) is 8.47. The quantitative estimate of drug-likeness (QED) is 0.554. The number of carbonyl (C=O) groups excluding carboxylic acids is 1. The van der Waals surface area contributed by atoms with Crippen LogP contribution < -0.4 is 0 Å². The Bertz CT molecular complexity index is 949. The van der Waals surface area contributed by atoms with Crippen molar-refractivity contribution < 1.29 is 9.00 Å². The molecule has 0 N–H and O–H groups in total. The van der Waals surface area contributed by atoms with E-state index in [1.165, 1.54) is 6.26 Å². The fraction of sp³-hybridized carbons (Fsp3) is 0.263. The summed E-state index contributed by atoms with van der Waals surface area (Å²) in [5, 5.41) is 0.364. The van der Waals surface area contributed by atoms with Crippen molar-refractivity contribution in [3.63, 3.8) is 0 Å². The SMILES string of the molecule is CCN(C)/C=N/c1cc(C)c(S(C)(=O)=NC(=O)c2ccccc2)cc1Cl. The highest BCUT2D eigenvalue weighted by atomic mass is 35.5. The number of benzene rings is 2. The number of amides is 1. The summed E-state index contributed by atoms with van der Waals surface area (Å²) >= 11 is 6.30. The van der Waals surface area contributed by atoms with E-state index in [0.717, 1.165) is 12.1 Å². The largest absolute Gasteiger partial charge is 0.366 e. The van der Waals surface area contributed by atoms with Gasteiger partial charge in [0.15, 0.2) is 0 Å². The summed E-state index contributed by atoms with van der Waals surface area (Å²) in [6, 6.07) is 11.9. The van der Waals surface area contributed by atoms with Crippen LogP contribution in [0.2, 0.25) is 5.02 Å². The number of aliphatic imine (C=N–C) groups is 1. The molecule has 2 rings (SSSR count). The lowest BCUT2D eigenvalue weighted by Gasteiger charge is -2.12. The Morgan fingerprint density at radius 2 is 1.92 bits per heavy atom. The third kappa shape index (κ3) is 4.93. The summed E-state index contributed by atoms with van der Waals surface area (Å²) in [4.78, 5) is 19.0. The monoisotopic (exact) mass is 391 g/mol. The first-order chi connectivity index (χ1) is 12.2. The molecule has 2 aromatic carbocycles. The van der Waals surface area contributed by atoms with Crippen LogP contribution in [0.5, 0.6) is 0 Å². The molecule has 0 aliphatic carbocycles. The molecule has 0 heterocycles. The van der Waals surface area contributed by atoms with Gasteiger partial charge in [0.05, 0.1) is 31.7 Å². The van der Waals surface area contributed by atoms with E-state index < -0.39 is 15.6 Å². The predicted octanol–water partition coefficient (Wildman–Crippen LogP) is 4.56. The first kappa shape index (κ1) is 20.1. The first-order valence-corrected chi connectivity index (χ1v) is 10.4. The highest BCUT2D eigenvalue weighted by molar-refractivity contribution is 7.93. The summed E-state index contributed by atoms with van der Waals surface area (Å²) in [5.74, 6) is -0.514. The molecule has 2 aromatic rings. The first-order valence-electron chi connectivity index (χ1n) is 8.10. The van der Waals surface area contributed by atoms with Crippen molar-refractivity contribution in [3.05, 3.63) is 58.6 Å². The lowest BCUT2D eigenvalue weighted by molar-refractivity contribution is 0.100. The summed E-state index contributed by atoms with van der Waals surface area (Å²) in [5.41, 5.74) is 1.70. The maximum absolute atomic E-state index is 13.1. The molecule has 5 nitrogen and oxygen atoms in total. The molecule has 0 spiro atoms. The number of nitrogens with zero attached hydrogens (tertiary/aromatic N) is 3. The summed E-state index contributed by atoms with van der Waals surface area (Å²) in [7, 11) is -1.03. The molecule has 0 aromatic heterocycles. The van der Waals surface area contributed by atoms with E-state index in [2.05, 4.69) is 9.36 Å². The molecule has 1 unspecified atom stereocenters. The van der Waals surface area contributed by atoms with Gasteiger partial charge in [-0.3, -0.25) is 4.79 Å². The maximum atomic E-state index is 13.1. The van der Waals surface area contributed by atoms with Crippen LogP contribution in [0.4, 0.5) is 5.69 Å². The number of aryl methyl sites for hydroxylation is 1. The van der Waals surface area contributed by atoms with Gasteiger partial charge in [-0.15, -0.1) is 0 Å². The zero-order chi connectivity index (χ0) is 19.3. The number of hydrogen-bond donors (Lipinski definition) is 0. The van der Waals surface area contributed by atoms with Crippen molar-refractivity contribution in [2.75, 3.05) is 19.8 Å². The van der Waals surface area contributed by atoms with E-state index >= 15 is 0 Å². The molecule has 7 heteroatoms. The molecule has 138 valence electrons. The van der Waals surface area contributed by atoms with Gasteiger partial charge in [-0.05, 0) is 43.7 Å². The average molecular weight is 392 g/mol. The van der Waals surface area contributed by atoms with Gasteiger partial charge in [0, 0.05) is 25.4 Å². The Balaban J connectivity index is 2.43. The van der Waals surface area contributed by atoms with Crippen LogP contribution in [-0.2, 0) is 9.73 Å². The van der Waals surface area contributed by atoms with Crippen LogP contribution >= 0.6 is 11.6 Å². The molecule has 0 saturated heterocycles. The van der Waals surface area contributed by atoms with Gasteiger partial charge < -0.3 is 4.90 Å². The minimum absolute atomic E-state index is 0.364. The number of carbonyl (C=O) groups is 1. The van der Waals surface area contributed by atoms with Crippen molar-refractivity contribution >= 4 is 39.3 Å². The van der Waals surface area contributed by atoms with Crippen LogP contribution in [-0.4, -0.2) is 41.2 Å².